The van der Waals surface area contributed by atoms with Gasteiger partial charge in [0.25, 0.3) is 5.91 Å². The highest BCUT2D eigenvalue weighted by Gasteiger charge is 2.33. The average Bonchev–Trinajstić information content (AvgIpc) is 2.99. The fourth-order valence-electron chi connectivity index (χ4n) is 3.47. The molecule has 1 aliphatic heterocycles. The molecule has 0 radical (unpaired) electrons. The van der Waals surface area contributed by atoms with Crippen LogP contribution >= 0.6 is 11.3 Å². The molecule has 2 amide bonds. The fraction of sp³-hybridized carbons (Fsp3) is 0.143. The molecule has 1 atom stereocenters. The number of hydrogen-bond donors (Lipinski definition) is 3. The molecule has 0 aliphatic carbocycles. The first-order valence-corrected chi connectivity index (χ1v) is 9.53. The molecule has 0 bridgehead atoms. The Morgan fingerprint density at radius 1 is 1.25 bits per heavy atom. The van der Waals surface area contributed by atoms with E-state index >= 15 is 0 Å². The molecule has 1 aliphatic rings. The maximum atomic E-state index is 13.1. The number of amides is 2. The quantitative estimate of drug-likeness (QED) is 0.604. The lowest BCUT2D eigenvalue weighted by Gasteiger charge is -2.24. The van der Waals surface area contributed by atoms with Crippen molar-refractivity contribution in [3.8, 4) is 5.75 Å². The van der Waals surface area contributed by atoms with Crippen LogP contribution < -0.4 is 10.6 Å². The second kappa shape index (κ2) is 7.09. The molecule has 2 aromatic carbocycles. The first-order chi connectivity index (χ1) is 13.4. The molecule has 0 fully saturated rings. The maximum absolute atomic E-state index is 13.1. The number of phenolic OH excluding ortho intramolecular Hbond substituents is 1. The molecule has 3 aromatic rings. The number of carbonyl (C=O) groups is 2. The number of halogens is 1. The van der Waals surface area contributed by atoms with Crippen molar-refractivity contribution < 1.29 is 19.1 Å². The summed E-state index contributed by atoms with van der Waals surface area (Å²) in [6.07, 6.45) is 0.243. The van der Waals surface area contributed by atoms with E-state index in [1.807, 2.05) is 13.0 Å². The minimum absolute atomic E-state index is 0.132. The molecule has 2 heterocycles. The average molecular weight is 396 g/mol. The summed E-state index contributed by atoms with van der Waals surface area (Å²) in [5.41, 5.74) is 2.99. The second-order valence-electron chi connectivity index (χ2n) is 6.66. The van der Waals surface area contributed by atoms with Gasteiger partial charge in [-0.3, -0.25) is 9.59 Å². The van der Waals surface area contributed by atoms with Gasteiger partial charge in [-0.1, -0.05) is 12.1 Å². The van der Waals surface area contributed by atoms with Crippen LogP contribution in [0.4, 0.5) is 15.1 Å². The lowest BCUT2D eigenvalue weighted by atomic mass is 9.85. The third-order valence-corrected chi connectivity index (χ3v) is 5.99. The van der Waals surface area contributed by atoms with Gasteiger partial charge in [0.15, 0.2) is 0 Å². The highest BCUT2D eigenvalue weighted by atomic mass is 32.1. The highest BCUT2D eigenvalue weighted by Crippen LogP contribution is 2.45. The fourth-order valence-corrected chi connectivity index (χ4v) is 4.65. The lowest BCUT2D eigenvalue weighted by molar-refractivity contribution is -0.116. The van der Waals surface area contributed by atoms with Gasteiger partial charge in [0, 0.05) is 18.0 Å². The summed E-state index contributed by atoms with van der Waals surface area (Å²) in [6, 6.07) is 12.4. The Morgan fingerprint density at radius 2 is 2.00 bits per heavy atom. The van der Waals surface area contributed by atoms with Gasteiger partial charge < -0.3 is 15.7 Å². The van der Waals surface area contributed by atoms with E-state index in [9.17, 15) is 19.1 Å². The summed E-state index contributed by atoms with van der Waals surface area (Å²) in [7, 11) is 0. The van der Waals surface area contributed by atoms with E-state index in [-0.39, 0.29) is 35.7 Å². The summed E-state index contributed by atoms with van der Waals surface area (Å²) in [5, 5.41) is 16.1. The Bertz CT molecular complexity index is 1080. The van der Waals surface area contributed by atoms with Crippen molar-refractivity contribution in [1.82, 2.24) is 0 Å². The number of aromatic hydroxyl groups is 1. The van der Waals surface area contributed by atoms with Gasteiger partial charge in [-0.2, -0.15) is 0 Å². The van der Waals surface area contributed by atoms with Crippen LogP contribution in [-0.4, -0.2) is 16.9 Å². The number of carbonyl (C=O) groups excluding carboxylic acids is 2. The first-order valence-electron chi connectivity index (χ1n) is 8.71. The number of benzene rings is 2. The molecule has 5 nitrogen and oxygen atoms in total. The molecular weight excluding hydrogens is 379 g/mol. The standard InChI is InChI=1S/C21H17FN2O3S/c1-11-18-16(12-3-2-4-15(25)9-12)10-17(26)24-21(18)28-19(11)20(27)23-14-7-5-13(22)6-8-14/h2-9,16,25H,10H2,1H3,(H,23,27)(H,24,26)/t16-/m0/s1. The molecule has 0 spiro atoms. The topological polar surface area (TPSA) is 78.4 Å². The van der Waals surface area contributed by atoms with Gasteiger partial charge in [0.1, 0.15) is 11.6 Å². The Balaban J connectivity index is 1.70. The summed E-state index contributed by atoms with van der Waals surface area (Å²) in [4.78, 5) is 25.5. The first kappa shape index (κ1) is 18.2. The van der Waals surface area contributed by atoms with E-state index in [0.717, 1.165) is 16.7 Å². The predicted octanol–water partition coefficient (Wildman–Crippen LogP) is 4.63. The zero-order valence-corrected chi connectivity index (χ0v) is 15.8. The van der Waals surface area contributed by atoms with Crippen LogP contribution in [-0.2, 0) is 4.79 Å². The zero-order chi connectivity index (χ0) is 19.8. The molecule has 0 saturated heterocycles. The van der Waals surface area contributed by atoms with E-state index in [2.05, 4.69) is 10.6 Å². The molecule has 28 heavy (non-hydrogen) atoms. The van der Waals surface area contributed by atoms with E-state index in [1.165, 1.54) is 35.6 Å². The Labute approximate surface area is 164 Å². The minimum atomic E-state index is -0.377. The van der Waals surface area contributed by atoms with Gasteiger partial charge in [0.05, 0.1) is 9.88 Å². The zero-order valence-electron chi connectivity index (χ0n) is 15.0. The molecule has 4 rings (SSSR count). The summed E-state index contributed by atoms with van der Waals surface area (Å²) in [5.74, 6) is -0.927. The van der Waals surface area contributed by atoms with E-state index in [1.54, 1.807) is 18.2 Å². The molecule has 0 unspecified atom stereocenters. The number of fused-ring (bicyclic) bond motifs is 1. The normalized spacial score (nSPS) is 15.6. The smallest absolute Gasteiger partial charge is 0.266 e. The Kier molecular flexibility index (Phi) is 4.60. The van der Waals surface area contributed by atoms with Gasteiger partial charge in [0.2, 0.25) is 5.91 Å². The molecule has 7 heteroatoms. The van der Waals surface area contributed by atoms with Crippen LogP contribution in [0.3, 0.4) is 0 Å². The van der Waals surface area contributed by atoms with Crippen LogP contribution in [0, 0.1) is 12.7 Å². The number of nitrogens with one attached hydrogen (secondary N) is 2. The second-order valence-corrected chi connectivity index (χ2v) is 7.68. The molecular formula is C21H17FN2O3S. The number of hydrogen-bond acceptors (Lipinski definition) is 4. The molecule has 142 valence electrons. The minimum Gasteiger partial charge on any atom is -0.508 e. The number of anilines is 2. The number of rotatable bonds is 3. The van der Waals surface area contributed by atoms with Gasteiger partial charge in [-0.05, 0) is 60.0 Å². The number of thiophene rings is 1. The summed E-state index contributed by atoms with van der Waals surface area (Å²) >= 11 is 1.22. The Morgan fingerprint density at radius 3 is 2.71 bits per heavy atom. The summed E-state index contributed by atoms with van der Waals surface area (Å²) in [6.45, 7) is 1.85. The van der Waals surface area contributed by atoms with E-state index in [0.29, 0.717) is 15.6 Å². The van der Waals surface area contributed by atoms with E-state index < -0.39 is 0 Å². The van der Waals surface area contributed by atoms with Crippen LogP contribution in [0.25, 0.3) is 0 Å². The third-order valence-electron chi connectivity index (χ3n) is 4.77. The van der Waals surface area contributed by atoms with Crippen molar-refractivity contribution >= 4 is 33.8 Å². The van der Waals surface area contributed by atoms with Crippen LogP contribution in [0.5, 0.6) is 5.75 Å². The van der Waals surface area contributed by atoms with E-state index in [4.69, 9.17) is 0 Å². The van der Waals surface area contributed by atoms with Crippen LogP contribution in [0.2, 0.25) is 0 Å². The predicted molar refractivity (Wildman–Crippen MR) is 107 cm³/mol. The SMILES string of the molecule is Cc1c(C(=O)Nc2ccc(F)cc2)sc2c1[C@H](c1cccc(O)c1)CC(=O)N2. The highest BCUT2D eigenvalue weighted by molar-refractivity contribution is 7.18. The monoisotopic (exact) mass is 396 g/mol. The molecule has 0 saturated carbocycles. The van der Waals surface area contributed by atoms with Crippen molar-refractivity contribution in [1.29, 1.82) is 0 Å². The molecule has 3 N–H and O–H groups in total. The number of phenols is 1. The van der Waals surface area contributed by atoms with Crippen molar-refractivity contribution in [3.05, 3.63) is 75.9 Å². The van der Waals surface area contributed by atoms with Crippen LogP contribution in [0.1, 0.15) is 38.7 Å². The third kappa shape index (κ3) is 3.36. The van der Waals surface area contributed by atoms with Crippen molar-refractivity contribution in [2.24, 2.45) is 0 Å². The van der Waals surface area contributed by atoms with Gasteiger partial charge in [-0.25, -0.2) is 4.39 Å². The van der Waals surface area contributed by atoms with Gasteiger partial charge in [-0.15, -0.1) is 11.3 Å². The lowest BCUT2D eigenvalue weighted by Crippen LogP contribution is -2.22. The van der Waals surface area contributed by atoms with Crippen molar-refractivity contribution in [2.45, 2.75) is 19.3 Å². The van der Waals surface area contributed by atoms with Crippen LogP contribution in [0.15, 0.2) is 48.5 Å². The summed E-state index contributed by atoms with van der Waals surface area (Å²) < 4.78 is 13.1. The van der Waals surface area contributed by atoms with Crippen molar-refractivity contribution in [2.75, 3.05) is 10.6 Å². The molecule has 1 aromatic heterocycles. The van der Waals surface area contributed by atoms with Gasteiger partial charge >= 0.3 is 0 Å². The largest absolute Gasteiger partial charge is 0.508 e. The van der Waals surface area contributed by atoms with Crippen molar-refractivity contribution in [3.63, 3.8) is 0 Å². The Hall–Kier alpha value is -3.19. The maximum Gasteiger partial charge on any atom is 0.266 e.